The van der Waals surface area contributed by atoms with E-state index in [0.29, 0.717) is 36.9 Å². The fourth-order valence-electron chi connectivity index (χ4n) is 4.42. The third-order valence-corrected chi connectivity index (χ3v) is 6.28. The van der Waals surface area contributed by atoms with Gasteiger partial charge in [-0.25, -0.2) is 4.79 Å². The van der Waals surface area contributed by atoms with Crippen LogP contribution in [0.4, 0.5) is 10.5 Å². The first-order valence-electron chi connectivity index (χ1n) is 13.1. The van der Waals surface area contributed by atoms with Crippen molar-refractivity contribution in [3.63, 3.8) is 0 Å². The van der Waals surface area contributed by atoms with Crippen molar-refractivity contribution < 1.29 is 28.5 Å². The Balaban J connectivity index is 1.47. The lowest BCUT2D eigenvalue weighted by atomic mass is 9.82. The lowest BCUT2D eigenvalue weighted by molar-refractivity contribution is -0.140. The summed E-state index contributed by atoms with van der Waals surface area (Å²) >= 11 is 0. The number of methoxy groups -OCH3 is 1. The molecule has 1 heterocycles. The first-order chi connectivity index (χ1) is 17.7. The Morgan fingerprint density at radius 3 is 2.51 bits per heavy atom. The number of carbonyl (C=O) groups is 2. The Hall–Kier alpha value is -3.13. The van der Waals surface area contributed by atoms with Crippen LogP contribution in [0.3, 0.4) is 0 Å². The quantitative estimate of drug-likeness (QED) is 0.275. The number of aromatic nitrogens is 1. The summed E-state index contributed by atoms with van der Waals surface area (Å²) in [7, 11) is 1.41. The average Bonchev–Trinajstić information content (AvgIpc) is 2.87. The monoisotopic (exact) mass is 512 g/mol. The Bertz CT molecular complexity index is 1010. The van der Waals surface area contributed by atoms with E-state index in [1.807, 2.05) is 32.9 Å². The Labute approximate surface area is 220 Å². The lowest BCUT2D eigenvalue weighted by Crippen LogP contribution is -2.27. The predicted octanol–water partition coefficient (Wildman–Crippen LogP) is 6.39. The maximum Gasteiger partial charge on any atom is 0.412 e. The topological polar surface area (TPSA) is 96.0 Å². The summed E-state index contributed by atoms with van der Waals surface area (Å²) < 4.78 is 22.3. The molecule has 1 aliphatic rings. The van der Waals surface area contributed by atoms with Crippen LogP contribution in [-0.4, -0.2) is 42.5 Å². The number of hydrogen-bond acceptors (Lipinski definition) is 7. The molecule has 202 valence electrons. The van der Waals surface area contributed by atoms with Gasteiger partial charge in [-0.05, 0) is 89.0 Å². The van der Waals surface area contributed by atoms with E-state index in [4.69, 9.17) is 14.2 Å². The summed E-state index contributed by atoms with van der Waals surface area (Å²) in [6.07, 6.45) is 7.22. The first kappa shape index (κ1) is 28.4. The van der Waals surface area contributed by atoms with Gasteiger partial charge in [0, 0.05) is 12.6 Å². The van der Waals surface area contributed by atoms with Crippen molar-refractivity contribution in [3.8, 4) is 5.75 Å². The second-order valence-electron chi connectivity index (χ2n) is 10.3. The summed E-state index contributed by atoms with van der Waals surface area (Å²) in [4.78, 5) is 27.9. The molecule has 0 aliphatic heterocycles. The molecule has 0 atom stereocenters. The average molecular weight is 513 g/mol. The fourth-order valence-corrected chi connectivity index (χ4v) is 4.42. The number of pyridine rings is 1. The van der Waals surface area contributed by atoms with E-state index in [2.05, 4.69) is 27.2 Å². The summed E-state index contributed by atoms with van der Waals surface area (Å²) in [5.74, 6) is 1.17. The van der Waals surface area contributed by atoms with Crippen molar-refractivity contribution in [1.82, 2.24) is 4.98 Å². The molecule has 0 spiro atoms. The van der Waals surface area contributed by atoms with E-state index in [1.165, 1.54) is 12.7 Å². The number of nitrogens with zero attached hydrogens (tertiary/aromatic N) is 1. The van der Waals surface area contributed by atoms with Gasteiger partial charge in [0.05, 0.1) is 37.8 Å². The van der Waals surface area contributed by atoms with Crippen molar-refractivity contribution >= 4 is 17.7 Å². The number of carbonyl (C=O) groups excluding carboxylic acids is 2. The number of anilines is 1. The van der Waals surface area contributed by atoms with Crippen LogP contribution in [0.5, 0.6) is 5.75 Å². The highest BCUT2D eigenvalue weighted by Gasteiger charge is 2.25. The molecule has 1 aromatic carbocycles. The van der Waals surface area contributed by atoms with Crippen LogP contribution in [0.1, 0.15) is 82.9 Å². The van der Waals surface area contributed by atoms with E-state index >= 15 is 0 Å². The summed E-state index contributed by atoms with van der Waals surface area (Å²) in [5.41, 5.74) is 1.95. The number of benzene rings is 1. The van der Waals surface area contributed by atoms with Gasteiger partial charge in [-0.15, -0.1) is 0 Å². The van der Waals surface area contributed by atoms with Crippen molar-refractivity contribution in [2.24, 2.45) is 0 Å². The third-order valence-electron chi connectivity index (χ3n) is 6.28. The summed E-state index contributed by atoms with van der Waals surface area (Å²) in [5, 5.41) is 2.78. The van der Waals surface area contributed by atoms with E-state index in [-0.39, 0.29) is 12.1 Å². The number of ether oxygens (including phenoxy) is 4. The molecule has 1 aliphatic carbocycles. The second kappa shape index (κ2) is 14.0. The largest absolute Gasteiger partial charge is 0.493 e. The van der Waals surface area contributed by atoms with Gasteiger partial charge in [0.1, 0.15) is 11.4 Å². The highest BCUT2D eigenvalue weighted by atomic mass is 16.6. The van der Waals surface area contributed by atoms with Crippen LogP contribution < -0.4 is 10.1 Å². The maximum atomic E-state index is 12.2. The van der Waals surface area contributed by atoms with Crippen molar-refractivity contribution in [3.05, 3.63) is 53.9 Å². The third kappa shape index (κ3) is 9.69. The lowest BCUT2D eigenvalue weighted by Gasteiger charge is -2.30. The van der Waals surface area contributed by atoms with Crippen molar-refractivity contribution in [2.45, 2.75) is 89.9 Å². The Morgan fingerprint density at radius 2 is 1.78 bits per heavy atom. The van der Waals surface area contributed by atoms with E-state index in [0.717, 1.165) is 44.3 Å². The van der Waals surface area contributed by atoms with Crippen molar-refractivity contribution in [1.29, 1.82) is 0 Å². The van der Waals surface area contributed by atoms with Crippen LogP contribution in [0, 0.1) is 0 Å². The molecule has 0 radical (unpaired) electrons. The van der Waals surface area contributed by atoms with Crippen LogP contribution in [-0.2, 0) is 25.6 Å². The molecule has 0 bridgehead atoms. The minimum Gasteiger partial charge on any atom is -0.493 e. The smallest absolute Gasteiger partial charge is 0.412 e. The zero-order chi connectivity index (χ0) is 26.7. The molecule has 3 rings (SSSR count). The van der Waals surface area contributed by atoms with E-state index in [1.54, 1.807) is 18.3 Å². The molecule has 0 unspecified atom stereocenters. The standard InChI is InChI=1S/C29H40N2O6/c1-29(2,3)37-28(33)31-24-11-9-18-30-25(24)20-36-22-16-14-21(15-17-22)23-10-5-6-12-26(23)35-19-8-7-13-27(32)34-4/h5-6,9-12,18,21-22H,7-8,13-17,19-20H2,1-4H3,(H,31,33). The molecule has 8 heteroatoms. The van der Waals surface area contributed by atoms with Crippen LogP contribution in [0.2, 0.25) is 0 Å². The number of unbranched alkanes of at least 4 members (excludes halogenated alkanes) is 1. The molecule has 8 nitrogen and oxygen atoms in total. The second-order valence-corrected chi connectivity index (χ2v) is 10.3. The van der Waals surface area contributed by atoms with Gasteiger partial charge in [0.15, 0.2) is 0 Å². The minimum atomic E-state index is -0.574. The van der Waals surface area contributed by atoms with Gasteiger partial charge in [-0.1, -0.05) is 18.2 Å². The van der Waals surface area contributed by atoms with Gasteiger partial charge in [0.25, 0.3) is 0 Å². The highest BCUT2D eigenvalue weighted by Crippen LogP contribution is 2.38. The molecule has 1 N–H and O–H groups in total. The van der Waals surface area contributed by atoms with Gasteiger partial charge in [-0.2, -0.15) is 0 Å². The Kier molecular flexibility index (Phi) is 10.7. The number of esters is 1. The van der Waals surface area contributed by atoms with Crippen LogP contribution in [0.15, 0.2) is 42.6 Å². The molecule has 1 fully saturated rings. The van der Waals surface area contributed by atoms with Crippen LogP contribution in [0.25, 0.3) is 0 Å². The van der Waals surface area contributed by atoms with Crippen LogP contribution >= 0.6 is 0 Å². The maximum absolute atomic E-state index is 12.2. The molecular weight excluding hydrogens is 472 g/mol. The number of amides is 1. The van der Waals surface area contributed by atoms with Gasteiger partial charge in [-0.3, -0.25) is 15.1 Å². The fraction of sp³-hybridized carbons (Fsp3) is 0.552. The number of hydrogen-bond donors (Lipinski definition) is 1. The SMILES string of the molecule is COC(=O)CCCCOc1ccccc1C1CCC(OCc2ncccc2NC(=O)OC(C)(C)C)CC1. The predicted molar refractivity (Wildman–Crippen MR) is 142 cm³/mol. The van der Waals surface area contributed by atoms with E-state index in [9.17, 15) is 9.59 Å². The Morgan fingerprint density at radius 1 is 1.03 bits per heavy atom. The van der Waals surface area contributed by atoms with Gasteiger partial charge < -0.3 is 18.9 Å². The molecular formula is C29H40N2O6. The molecule has 2 aromatic rings. The normalized spacial score (nSPS) is 17.6. The molecule has 1 aromatic heterocycles. The number of nitrogens with one attached hydrogen (secondary N) is 1. The molecule has 1 amide bonds. The first-order valence-corrected chi connectivity index (χ1v) is 13.1. The highest BCUT2D eigenvalue weighted by molar-refractivity contribution is 5.85. The van der Waals surface area contributed by atoms with Gasteiger partial charge in [0.2, 0.25) is 0 Å². The molecule has 0 saturated heterocycles. The zero-order valence-electron chi connectivity index (χ0n) is 22.5. The van der Waals surface area contributed by atoms with Crippen molar-refractivity contribution in [2.75, 3.05) is 19.0 Å². The summed E-state index contributed by atoms with van der Waals surface area (Å²) in [6, 6.07) is 11.8. The number of rotatable bonds is 11. The van der Waals surface area contributed by atoms with Gasteiger partial charge >= 0.3 is 12.1 Å². The molecule has 1 saturated carbocycles. The van der Waals surface area contributed by atoms with E-state index < -0.39 is 11.7 Å². The molecule has 37 heavy (non-hydrogen) atoms. The summed E-state index contributed by atoms with van der Waals surface area (Å²) in [6.45, 7) is 6.39. The zero-order valence-corrected chi connectivity index (χ0v) is 22.5. The minimum absolute atomic E-state index is 0.138. The number of para-hydroxylation sites is 1.